The molecule has 1 aliphatic rings. The van der Waals surface area contributed by atoms with Crippen LogP contribution < -0.4 is 15.0 Å². The highest BCUT2D eigenvalue weighted by molar-refractivity contribution is 7.80. The molecule has 0 unspecified atom stereocenters. The predicted octanol–water partition coefficient (Wildman–Crippen LogP) is 4.67. The van der Waals surface area contributed by atoms with Gasteiger partial charge < -0.3 is 9.30 Å². The van der Waals surface area contributed by atoms with Crippen LogP contribution in [0.15, 0.2) is 84.6 Å². The molecule has 5 rings (SSSR count). The number of benzene rings is 3. The molecule has 8 heteroatoms. The minimum Gasteiger partial charge on any atom is -0.497 e. The van der Waals surface area contributed by atoms with Crippen LogP contribution in [0, 0.1) is 5.82 Å². The van der Waals surface area contributed by atoms with E-state index >= 15 is 0 Å². The number of ether oxygens (including phenoxy) is 1. The second kappa shape index (κ2) is 9.15. The molecule has 2 amide bonds. The zero-order valence-corrected chi connectivity index (χ0v) is 19.5. The largest absolute Gasteiger partial charge is 0.497 e. The number of methoxy groups -OCH3 is 1. The van der Waals surface area contributed by atoms with Gasteiger partial charge in [-0.2, -0.15) is 0 Å². The van der Waals surface area contributed by atoms with E-state index in [1.807, 2.05) is 35.0 Å². The van der Waals surface area contributed by atoms with E-state index < -0.39 is 11.8 Å². The molecule has 0 aliphatic carbocycles. The number of hydrogen-bond acceptors (Lipinski definition) is 4. The molecule has 1 saturated heterocycles. The van der Waals surface area contributed by atoms with Gasteiger partial charge >= 0.3 is 0 Å². The molecule has 0 spiro atoms. The summed E-state index contributed by atoms with van der Waals surface area (Å²) in [4.78, 5) is 27.5. The van der Waals surface area contributed by atoms with E-state index in [2.05, 4.69) is 5.32 Å². The molecule has 0 radical (unpaired) electrons. The number of para-hydroxylation sites is 1. The van der Waals surface area contributed by atoms with Gasteiger partial charge in [-0.25, -0.2) is 4.39 Å². The number of carbonyl (C=O) groups is 2. The topological polar surface area (TPSA) is 63.6 Å². The fraction of sp³-hybridized carbons (Fsp3) is 0.0741. The lowest BCUT2D eigenvalue weighted by Crippen LogP contribution is -2.54. The lowest BCUT2D eigenvalue weighted by Gasteiger charge is -2.29. The zero-order valence-electron chi connectivity index (χ0n) is 18.7. The number of anilines is 1. The number of thiocarbonyl (C=S) groups is 1. The van der Waals surface area contributed by atoms with Gasteiger partial charge in [0.05, 0.1) is 12.8 Å². The van der Waals surface area contributed by atoms with Crippen LogP contribution in [0.25, 0.3) is 17.0 Å². The Labute approximate surface area is 206 Å². The normalized spacial score (nSPS) is 15.1. The molecule has 0 bridgehead atoms. The van der Waals surface area contributed by atoms with Crippen molar-refractivity contribution in [2.45, 2.75) is 6.54 Å². The molecule has 1 N–H and O–H groups in total. The number of carbonyl (C=O) groups excluding carboxylic acids is 2. The molecule has 2 heterocycles. The van der Waals surface area contributed by atoms with Crippen LogP contribution in [-0.2, 0) is 16.1 Å². The summed E-state index contributed by atoms with van der Waals surface area (Å²) in [6, 6.07) is 20.8. The number of hydrogen-bond donors (Lipinski definition) is 1. The van der Waals surface area contributed by atoms with E-state index in [1.165, 1.54) is 17.0 Å². The highest BCUT2D eigenvalue weighted by Gasteiger charge is 2.34. The second-order valence-electron chi connectivity index (χ2n) is 8.01. The van der Waals surface area contributed by atoms with Crippen molar-refractivity contribution in [1.29, 1.82) is 0 Å². The molecule has 1 aromatic heterocycles. The van der Waals surface area contributed by atoms with Crippen molar-refractivity contribution in [3.8, 4) is 5.75 Å². The molecule has 174 valence electrons. The molecule has 3 aromatic carbocycles. The Morgan fingerprint density at radius 3 is 2.43 bits per heavy atom. The van der Waals surface area contributed by atoms with Crippen LogP contribution in [0.3, 0.4) is 0 Å². The monoisotopic (exact) mass is 485 g/mol. The summed E-state index contributed by atoms with van der Waals surface area (Å²) in [6.07, 6.45) is 3.46. The number of amides is 2. The van der Waals surface area contributed by atoms with Gasteiger partial charge in [-0.1, -0.05) is 30.3 Å². The summed E-state index contributed by atoms with van der Waals surface area (Å²) < 4.78 is 20.5. The SMILES string of the molecule is COc1ccc(N2C(=O)/C(=C/c3cn(Cc4ccc(F)cc4)c4ccccc34)C(=O)NC2=S)cc1. The molecule has 0 atom stereocenters. The minimum absolute atomic E-state index is 0.0149. The van der Waals surface area contributed by atoms with Crippen molar-refractivity contribution in [1.82, 2.24) is 9.88 Å². The minimum atomic E-state index is -0.555. The molecule has 6 nitrogen and oxygen atoms in total. The molecule has 35 heavy (non-hydrogen) atoms. The van der Waals surface area contributed by atoms with Crippen LogP contribution in [0.5, 0.6) is 5.75 Å². The van der Waals surface area contributed by atoms with Crippen molar-refractivity contribution < 1.29 is 18.7 Å². The second-order valence-corrected chi connectivity index (χ2v) is 8.40. The summed E-state index contributed by atoms with van der Waals surface area (Å²) in [5, 5.41) is 3.51. The molecule has 1 aliphatic heterocycles. The Morgan fingerprint density at radius 2 is 1.71 bits per heavy atom. The van der Waals surface area contributed by atoms with E-state index in [1.54, 1.807) is 49.6 Å². The first-order chi connectivity index (χ1) is 16.9. The third kappa shape index (κ3) is 4.31. The van der Waals surface area contributed by atoms with Crippen LogP contribution in [0.1, 0.15) is 11.1 Å². The highest BCUT2D eigenvalue weighted by Crippen LogP contribution is 2.28. The van der Waals surface area contributed by atoms with E-state index in [0.717, 1.165) is 16.5 Å². The van der Waals surface area contributed by atoms with E-state index in [-0.39, 0.29) is 16.5 Å². The quantitative estimate of drug-likeness (QED) is 0.254. The average Bonchev–Trinajstić information content (AvgIpc) is 3.20. The Bertz CT molecular complexity index is 1490. The average molecular weight is 486 g/mol. The highest BCUT2D eigenvalue weighted by atomic mass is 32.1. The third-order valence-electron chi connectivity index (χ3n) is 5.82. The number of halogens is 1. The van der Waals surface area contributed by atoms with Crippen molar-refractivity contribution in [2.24, 2.45) is 0 Å². The molecular formula is C27H20FN3O3S. The number of aromatic nitrogens is 1. The fourth-order valence-corrected chi connectivity index (χ4v) is 4.37. The number of nitrogens with zero attached hydrogens (tertiary/aromatic N) is 2. The summed E-state index contributed by atoms with van der Waals surface area (Å²) in [7, 11) is 1.55. The van der Waals surface area contributed by atoms with E-state index in [0.29, 0.717) is 23.5 Å². The lowest BCUT2D eigenvalue weighted by molar-refractivity contribution is -0.122. The summed E-state index contributed by atoms with van der Waals surface area (Å²) in [5.74, 6) is -0.727. The van der Waals surface area contributed by atoms with Gasteiger partial charge in [0.15, 0.2) is 5.11 Å². The van der Waals surface area contributed by atoms with Gasteiger partial charge in [0.1, 0.15) is 17.1 Å². The first kappa shape index (κ1) is 22.5. The third-order valence-corrected chi connectivity index (χ3v) is 6.10. The van der Waals surface area contributed by atoms with E-state index in [4.69, 9.17) is 17.0 Å². The maximum Gasteiger partial charge on any atom is 0.270 e. The van der Waals surface area contributed by atoms with Crippen LogP contribution in [-0.4, -0.2) is 28.6 Å². The van der Waals surface area contributed by atoms with Crippen molar-refractivity contribution >= 4 is 51.8 Å². The Balaban J connectivity index is 1.54. The van der Waals surface area contributed by atoms with Crippen molar-refractivity contribution in [3.05, 3.63) is 102 Å². The first-order valence-electron chi connectivity index (χ1n) is 10.8. The van der Waals surface area contributed by atoms with Gasteiger partial charge in [-0.05, 0) is 66.3 Å². The van der Waals surface area contributed by atoms with Crippen LogP contribution in [0.4, 0.5) is 10.1 Å². The lowest BCUT2D eigenvalue weighted by atomic mass is 10.1. The van der Waals surface area contributed by atoms with Gasteiger partial charge in [-0.15, -0.1) is 0 Å². The van der Waals surface area contributed by atoms with Crippen molar-refractivity contribution in [2.75, 3.05) is 12.0 Å². The zero-order chi connectivity index (χ0) is 24.5. The molecule has 1 fully saturated rings. The predicted molar refractivity (Wildman–Crippen MR) is 137 cm³/mol. The van der Waals surface area contributed by atoms with Gasteiger partial charge in [0, 0.05) is 29.2 Å². The first-order valence-corrected chi connectivity index (χ1v) is 11.2. The molecule has 4 aromatic rings. The Kier molecular flexibility index (Phi) is 5.88. The number of rotatable bonds is 5. The molecule has 0 saturated carbocycles. The summed E-state index contributed by atoms with van der Waals surface area (Å²) in [6.45, 7) is 0.506. The standard InChI is InChI=1S/C27H20FN3O3S/c1-34-21-12-10-20(11-13-21)31-26(33)23(25(32)29-27(31)35)14-18-16-30(24-5-3-2-4-22(18)24)15-17-6-8-19(28)9-7-17/h2-14,16H,15H2,1H3,(H,29,32,35)/b23-14+. The summed E-state index contributed by atoms with van der Waals surface area (Å²) >= 11 is 5.29. The van der Waals surface area contributed by atoms with Crippen LogP contribution >= 0.6 is 12.2 Å². The van der Waals surface area contributed by atoms with Crippen LogP contribution in [0.2, 0.25) is 0 Å². The Hall–Kier alpha value is -4.30. The smallest absolute Gasteiger partial charge is 0.270 e. The fourth-order valence-electron chi connectivity index (χ4n) is 4.09. The maximum absolute atomic E-state index is 13.4. The van der Waals surface area contributed by atoms with Gasteiger partial charge in [0.25, 0.3) is 11.8 Å². The Morgan fingerprint density at radius 1 is 1.00 bits per heavy atom. The number of fused-ring (bicyclic) bond motifs is 1. The van der Waals surface area contributed by atoms with Crippen molar-refractivity contribution in [3.63, 3.8) is 0 Å². The van der Waals surface area contributed by atoms with E-state index in [9.17, 15) is 14.0 Å². The van der Waals surface area contributed by atoms with Gasteiger partial charge in [0.2, 0.25) is 0 Å². The maximum atomic E-state index is 13.4. The molecular weight excluding hydrogens is 465 g/mol. The van der Waals surface area contributed by atoms with Gasteiger partial charge in [-0.3, -0.25) is 19.8 Å². The summed E-state index contributed by atoms with van der Waals surface area (Å²) in [5.41, 5.74) is 3.05. The number of nitrogens with one attached hydrogen (secondary N) is 1.